The Balaban J connectivity index is 0. The molecule has 0 atom stereocenters. The maximum atomic E-state index is 0. The van der Waals surface area contributed by atoms with Gasteiger partial charge in [-0.25, -0.2) is 0 Å². The van der Waals surface area contributed by atoms with Gasteiger partial charge in [0.15, 0.2) is 0 Å². The minimum absolute atomic E-state index is 0. The first-order chi connectivity index (χ1) is 0. The Morgan fingerprint density at radius 3 is 0.118 bits per heavy atom. The molecule has 0 fully saturated rings. The Kier molecular flexibility index (Phi) is 4850. The van der Waals surface area contributed by atoms with E-state index in [0.717, 1.165) is 0 Å². The SMILES string of the molecule is O.O.O.O.O.O.O.O.O.O.O.O.O.[KH].[KH].[KH].[KH]. The Morgan fingerprint density at radius 2 is 0.118 bits per heavy atom. The molecule has 0 aromatic heterocycles. The van der Waals surface area contributed by atoms with Crippen LogP contribution < -0.4 is 0 Å². The molecule has 0 saturated carbocycles. The predicted molar refractivity (Wildman–Crippen MR) is 75.6 cm³/mol. The van der Waals surface area contributed by atoms with E-state index in [2.05, 4.69) is 0 Å². The summed E-state index contributed by atoms with van der Waals surface area (Å²) in [6.45, 7) is 0. The molecule has 26 N–H and O–H groups in total. The molecule has 0 amide bonds. The summed E-state index contributed by atoms with van der Waals surface area (Å²) >= 11 is 0. The molecule has 13 nitrogen and oxygen atoms in total. The van der Waals surface area contributed by atoms with Crippen molar-refractivity contribution in [3.63, 3.8) is 0 Å². The summed E-state index contributed by atoms with van der Waals surface area (Å²) in [7, 11) is 0. The molecule has 0 aromatic rings. The molecule has 0 aliphatic carbocycles. The van der Waals surface area contributed by atoms with Crippen LogP contribution in [0.5, 0.6) is 0 Å². The molecule has 112 valence electrons. The van der Waals surface area contributed by atoms with Crippen LogP contribution in [0.15, 0.2) is 0 Å². The van der Waals surface area contributed by atoms with Crippen LogP contribution in [0.2, 0.25) is 0 Å². The number of hydrogen-bond donors (Lipinski definition) is 0. The van der Waals surface area contributed by atoms with E-state index in [0.29, 0.717) is 0 Å². The van der Waals surface area contributed by atoms with Gasteiger partial charge in [0.05, 0.1) is 0 Å². The van der Waals surface area contributed by atoms with Crippen LogP contribution >= 0.6 is 0 Å². The molecule has 17 heavy (non-hydrogen) atoms. The molecule has 0 heterocycles. The first-order valence-electron chi connectivity index (χ1n) is 0. The van der Waals surface area contributed by atoms with Crippen LogP contribution in [-0.2, 0) is 0 Å². The first-order valence-corrected chi connectivity index (χ1v) is 0. The van der Waals surface area contributed by atoms with Crippen LogP contribution in [0.1, 0.15) is 0 Å². The van der Waals surface area contributed by atoms with Crippen molar-refractivity contribution in [1.82, 2.24) is 0 Å². The monoisotopic (exact) mass is 394 g/mol. The van der Waals surface area contributed by atoms with Gasteiger partial charge in [-0.2, -0.15) is 0 Å². The van der Waals surface area contributed by atoms with Gasteiger partial charge in [0.2, 0.25) is 0 Å². The topological polar surface area (TPSA) is 410 Å². The second-order valence-corrected chi connectivity index (χ2v) is 0. The Hall–Kier alpha value is 6.03. The molecule has 0 aliphatic rings. The zero-order valence-electron chi connectivity index (χ0n) is 6.50. The van der Waals surface area contributed by atoms with Crippen LogP contribution in [0.4, 0.5) is 0 Å². The fourth-order valence-corrected chi connectivity index (χ4v) is 0. The van der Waals surface area contributed by atoms with Gasteiger partial charge in [0.1, 0.15) is 0 Å². The van der Waals surface area contributed by atoms with Crippen molar-refractivity contribution in [3.8, 4) is 0 Å². The van der Waals surface area contributed by atoms with E-state index in [9.17, 15) is 0 Å². The van der Waals surface area contributed by atoms with E-state index in [1.807, 2.05) is 0 Å². The van der Waals surface area contributed by atoms with Gasteiger partial charge in [-0.3, -0.25) is 0 Å². The van der Waals surface area contributed by atoms with Crippen molar-refractivity contribution in [3.05, 3.63) is 0 Å². The summed E-state index contributed by atoms with van der Waals surface area (Å²) in [5.74, 6) is 0. The Morgan fingerprint density at radius 1 is 0.118 bits per heavy atom. The van der Waals surface area contributed by atoms with E-state index >= 15 is 0 Å². The summed E-state index contributed by atoms with van der Waals surface area (Å²) in [5, 5.41) is 0. The third-order valence-corrected chi connectivity index (χ3v) is 0. The fourth-order valence-electron chi connectivity index (χ4n) is 0. The predicted octanol–water partition coefficient (Wildman–Crippen LogP) is -13.3. The number of rotatable bonds is 0. The quantitative estimate of drug-likeness (QED) is 0.345. The summed E-state index contributed by atoms with van der Waals surface area (Å²) in [4.78, 5) is 0. The first kappa shape index (κ1) is 308. The molecular formula is H30K4O13. The summed E-state index contributed by atoms with van der Waals surface area (Å²) in [5.41, 5.74) is 0. The van der Waals surface area contributed by atoms with E-state index in [-0.39, 0.29) is 277 Å². The maximum absolute atomic E-state index is 0. The van der Waals surface area contributed by atoms with Crippen molar-refractivity contribution in [2.75, 3.05) is 0 Å². The van der Waals surface area contributed by atoms with Crippen molar-refractivity contribution >= 4 is 206 Å². The minimum atomic E-state index is 0. The normalized spacial score (nSPS) is 0. The van der Waals surface area contributed by atoms with Gasteiger partial charge >= 0.3 is 206 Å². The molecule has 17 heteroatoms. The van der Waals surface area contributed by atoms with E-state index in [4.69, 9.17) is 0 Å². The van der Waals surface area contributed by atoms with Crippen LogP contribution in [-0.4, -0.2) is 277 Å². The van der Waals surface area contributed by atoms with Gasteiger partial charge in [0, 0.05) is 0 Å². The average molecular weight is 395 g/mol. The van der Waals surface area contributed by atoms with Crippen molar-refractivity contribution in [1.29, 1.82) is 0 Å². The van der Waals surface area contributed by atoms with E-state index in [1.165, 1.54) is 0 Å². The third kappa shape index (κ3) is 243. The molecule has 0 saturated heterocycles. The second kappa shape index (κ2) is 268. The second-order valence-electron chi connectivity index (χ2n) is 0. The van der Waals surface area contributed by atoms with Gasteiger partial charge in [-0.1, -0.05) is 0 Å². The van der Waals surface area contributed by atoms with Gasteiger partial charge < -0.3 is 71.2 Å². The molecule has 0 rings (SSSR count). The van der Waals surface area contributed by atoms with Crippen molar-refractivity contribution in [2.45, 2.75) is 0 Å². The van der Waals surface area contributed by atoms with E-state index < -0.39 is 0 Å². The van der Waals surface area contributed by atoms with Crippen molar-refractivity contribution < 1.29 is 71.2 Å². The van der Waals surface area contributed by atoms with Crippen LogP contribution in [0.3, 0.4) is 0 Å². The van der Waals surface area contributed by atoms with Crippen LogP contribution in [0, 0.1) is 0 Å². The van der Waals surface area contributed by atoms with Crippen LogP contribution in [0.25, 0.3) is 0 Å². The summed E-state index contributed by atoms with van der Waals surface area (Å²) < 4.78 is 0. The zero-order valence-corrected chi connectivity index (χ0v) is 6.50. The molecular weight excluding hydrogens is 364 g/mol. The van der Waals surface area contributed by atoms with Crippen molar-refractivity contribution in [2.24, 2.45) is 0 Å². The Labute approximate surface area is 268 Å². The zero-order chi connectivity index (χ0) is 0. The Bertz CT molecular complexity index is 13.4. The summed E-state index contributed by atoms with van der Waals surface area (Å²) in [6.07, 6.45) is 0. The standard InChI is InChI=1S/4K.13H2O.4H/h;;;;13*1H2;;;;. The number of hydrogen-bond acceptors (Lipinski definition) is 0. The molecule has 0 unspecified atom stereocenters. The molecule has 0 spiro atoms. The molecule has 0 bridgehead atoms. The molecule has 0 radical (unpaired) electrons. The van der Waals surface area contributed by atoms with Gasteiger partial charge in [-0.15, -0.1) is 0 Å². The molecule has 0 aliphatic heterocycles. The third-order valence-electron chi connectivity index (χ3n) is 0. The fraction of sp³-hybridized carbons (Fsp3) is 0. The van der Waals surface area contributed by atoms with E-state index in [1.54, 1.807) is 0 Å². The van der Waals surface area contributed by atoms with Gasteiger partial charge in [0.25, 0.3) is 0 Å². The molecule has 0 aromatic carbocycles. The average Bonchev–Trinajstić information content (AvgIpc) is 0. The summed E-state index contributed by atoms with van der Waals surface area (Å²) in [6, 6.07) is 0. The van der Waals surface area contributed by atoms with Gasteiger partial charge in [-0.05, 0) is 0 Å².